The van der Waals surface area contributed by atoms with E-state index in [0.29, 0.717) is 32.4 Å². The molecule has 0 bridgehead atoms. The molecule has 1 aromatic carbocycles. The Labute approximate surface area is 184 Å². The average Bonchev–Trinajstić information content (AvgIpc) is 3.16. The molecule has 2 fully saturated rings. The molecule has 10 heteroatoms. The summed E-state index contributed by atoms with van der Waals surface area (Å²) < 4.78 is 13.9. The summed E-state index contributed by atoms with van der Waals surface area (Å²) in [6.45, 7) is 1.06. The summed E-state index contributed by atoms with van der Waals surface area (Å²) in [6, 6.07) is 4.47. The number of amides is 3. The molecule has 0 aliphatic carbocycles. The average molecular weight is 448 g/mol. The second-order valence-electron chi connectivity index (χ2n) is 7.48. The van der Waals surface area contributed by atoms with Crippen LogP contribution >= 0.6 is 11.6 Å². The summed E-state index contributed by atoms with van der Waals surface area (Å²) in [6.07, 6.45) is 4.41. The Morgan fingerprint density at radius 3 is 2.87 bits per heavy atom. The van der Waals surface area contributed by atoms with Crippen LogP contribution in [0.1, 0.15) is 31.2 Å². The molecule has 2 heterocycles. The predicted molar refractivity (Wildman–Crippen MR) is 112 cm³/mol. The van der Waals surface area contributed by atoms with E-state index in [0.717, 1.165) is 6.07 Å². The molecular weight excluding hydrogens is 425 g/mol. The minimum Gasteiger partial charge on any atom is -0.356 e. The third kappa shape index (κ3) is 5.81. The van der Waals surface area contributed by atoms with Crippen LogP contribution in [-0.2, 0) is 14.4 Å². The fraction of sp³-hybridized carbons (Fsp3) is 0.429. The number of hydrazine groups is 1. The number of nitrogens with zero attached hydrogens (tertiary/aromatic N) is 2. The van der Waals surface area contributed by atoms with Gasteiger partial charge in [-0.3, -0.25) is 19.4 Å². The standard InChI is InChI=1S/C21H23ClFN5O3/c22-15-5-3-13(17(23)11-15)4-6-19(29)28-18(2-1-8-26-28)21(31)27-16(12-24)10-14-7-9-25-20(14)30/h3-6,11,14,16,18,26H,1-2,7-10H2,(H,25,30)(H,27,31)/b6-4+/t14-,16-,18?/m0/s1. The molecule has 3 amide bonds. The largest absolute Gasteiger partial charge is 0.356 e. The van der Waals surface area contributed by atoms with Crippen molar-refractivity contribution in [2.24, 2.45) is 5.92 Å². The van der Waals surface area contributed by atoms with Crippen molar-refractivity contribution in [1.82, 2.24) is 21.1 Å². The molecule has 3 N–H and O–H groups in total. The van der Waals surface area contributed by atoms with Crippen molar-refractivity contribution >= 4 is 35.4 Å². The topological polar surface area (TPSA) is 114 Å². The van der Waals surface area contributed by atoms with Crippen molar-refractivity contribution in [3.05, 3.63) is 40.7 Å². The number of hydrogen-bond donors (Lipinski definition) is 3. The smallest absolute Gasteiger partial charge is 0.261 e. The Kier molecular flexibility index (Phi) is 7.60. The minimum atomic E-state index is -0.834. The van der Waals surface area contributed by atoms with Gasteiger partial charge >= 0.3 is 0 Å². The maximum Gasteiger partial charge on any atom is 0.261 e. The first-order chi connectivity index (χ1) is 14.9. The van der Waals surface area contributed by atoms with Crippen LogP contribution in [0.4, 0.5) is 4.39 Å². The van der Waals surface area contributed by atoms with E-state index in [9.17, 15) is 24.0 Å². The lowest BCUT2D eigenvalue weighted by Gasteiger charge is -2.35. The molecule has 2 saturated heterocycles. The van der Waals surface area contributed by atoms with Gasteiger partial charge in [0.2, 0.25) is 11.8 Å². The lowest BCUT2D eigenvalue weighted by molar-refractivity contribution is -0.143. The Morgan fingerprint density at radius 2 is 2.19 bits per heavy atom. The molecule has 2 aliphatic rings. The first-order valence-corrected chi connectivity index (χ1v) is 10.4. The van der Waals surface area contributed by atoms with Crippen molar-refractivity contribution in [3.8, 4) is 6.07 Å². The molecule has 8 nitrogen and oxygen atoms in total. The van der Waals surface area contributed by atoms with E-state index >= 15 is 0 Å². The van der Waals surface area contributed by atoms with Gasteiger partial charge in [0, 0.05) is 35.7 Å². The van der Waals surface area contributed by atoms with Gasteiger partial charge in [-0.25, -0.2) is 9.82 Å². The predicted octanol–water partition coefficient (Wildman–Crippen LogP) is 1.52. The molecular formula is C21H23ClFN5O3. The molecule has 164 valence electrons. The maximum absolute atomic E-state index is 13.9. The van der Waals surface area contributed by atoms with Crippen molar-refractivity contribution in [2.75, 3.05) is 13.1 Å². The number of nitrogens with one attached hydrogen (secondary N) is 3. The number of hydrogen-bond acceptors (Lipinski definition) is 5. The first kappa shape index (κ1) is 22.7. The molecule has 3 rings (SSSR count). The van der Waals surface area contributed by atoms with E-state index in [1.54, 1.807) is 0 Å². The van der Waals surface area contributed by atoms with Crippen LogP contribution in [0.3, 0.4) is 0 Å². The van der Waals surface area contributed by atoms with Crippen LogP contribution in [0.2, 0.25) is 5.02 Å². The van der Waals surface area contributed by atoms with Crippen molar-refractivity contribution in [2.45, 2.75) is 37.8 Å². The highest BCUT2D eigenvalue weighted by atomic mass is 35.5. The van der Waals surface area contributed by atoms with Crippen molar-refractivity contribution in [3.63, 3.8) is 0 Å². The van der Waals surface area contributed by atoms with Gasteiger partial charge in [-0.1, -0.05) is 17.7 Å². The number of nitriles is 1. The number of rotatable bonds is 6. The van der Waals surface area contributed by atoms with Crippen LogP contribution in [0.25, 0.3) is 6.08 Å². The van der Waals surface area contributed by atoms with Gasteiger partial charge in [-0.05, 0) is 43.9 Å². The van der Waals surface area contributed by atoms with Crippen LogP contribution in [0.5, 0.6) is 0 Å². The van der Waals surface area contributed by atoms with Gasteiger partial charge in [0.15, 0.2) is 0 Å². The van der Waals surface area contributed by atoms with Gasteiger partial charge in [-0.2, -0.15) is 5.26 Å². The summed E-state index contributed by atoms with van der Waals surface area (Å²) in [5.41, 5.74) is 3.08. The highest BCUT2D eigenvalue weighted by Gasteiger charge is 2.34. The van der Waals surface area contributed by atoms with Gasteiger partial charge < -0.3 is 10.6 Å². The lowest BCUT2D eigenvalue weighted by atomic mass is 9.98. The third-order valence-corrected chi connectivity index (χ3v) is 5.55. The lowest BCUT2D eigenvalue weighted by Crippen LogP contribution is -2.59. The van der Waals surface area contributed by atoms with E-state index in [4.69, 9.17) is 11.6 Å². The van der Waals surface area contributed by atoms with Crippen LogP contribution in [0.15, 0.2) is 24.3 Å². The zero-order valence-electron chi connectivity index (χ0n) is 16.7. The molecule has 0 aromatic heterocycles. The summed E-state index contributed by atoms with van der Waals surface area (Å²) in [5.74, 6) is -1.99. The Hall–Kier alpha value is -2.96. The fourth-order valence-electron chi connectivity index (χ4n) is 3.66. The second-order valence-corrected chi connectivity index (χ2v) is 7.91. The number of carbonyl (C=O) groups excluding carboxylic acids is 3. The van der Waals surface area contributed by atoms with Gasteiger partial charge in [0.1, 0.15) is 17.9 Å². The van der Waals surface area contributed by atoms with E-state index < -0.39 is 29.7 Å². The van der Waals surface area contributed by atoms with Crippen molar-refractivity contribution < 1.29 is 18.8 Å². The number of benzene rings is 1. The summed E-state index contributed by atoms with van der Waals surface area (Å²) in [4.78, 5) is 37.2. The Morgan fingerprint density at radius 1 is 1.39 bits per heavy atom. The second kappa shape index (κ2) is 10.4. The van der Waals surface area contributed by atoms with Gasteiger partial charge in [0.25, 0.3) is 5.91 Å². The Balaban J connectivity index is 1.65. The van der Waals surface area contributed by atoms with Crippen molar-refractivity contribution in [1.29, 1.82) is 5.26 Å². The summed E-state index contributed by atoms with van der Waals surface area (Å²) in [5, 5.41) is 16.2. The molecule has 2 aliphatic heterocycles. The van der Waals surface area contributed by atoms with E-state index in [2.05, 4.69) is 16.1 Å². The van der Waals surface area contributed by atoms with Crippen LogP contribution in [0, 0.1) is 23.1 Å². The highest BCUT2D eigenvalue weighted by molar-refractivity contribution is 6.30. The maximum atomic E-state index is 13.9. The van der Waals surface area contributed by atoms with E-state index in [-0.39, 0.29) is 28.8 Å². The normalized spacial score (nSPS) is 22.1. The van der Waals surface area contributed by atoms with Gasteiger partial charge in [0.05, 0.1) is 6.07 Å². The molecule has 0 radical (unpaired) electrons. The molecule has 1 unspecified atom stereocenters. The van der Waals surface area contributed by atoms with E-state index in [1.165, 1.54) is 29.3 Å². The van der Waals surface area contributed by atoms with E-state index in [1.807, 2.05) is 6.07 Å². The molecule has 3 atom stereocenters. The molecule has 0 spiro atoms. The van der Waals surface area contributed by atoms with Crippen LogP contribution < -0.4 is 16.1 Å². The summed E-state index contributed by atoms with van der Waals surface area (Å²) in [7, 11) is 0. The highest BCUT2D eigenvalue weighted by Crippen LogP contribution is 2.18. The zero-order valence-corrected chi connectivity index (χ0v) is 17.5. The minimum absolute atomic E-state index is 0.120. The quantitative estimate of drug-likeness (QED) is 0.572. The zero-order chi connectivity index (χ0) is 22.4. The summed E-state index contributed by atoms with van der Waals surface area (Å²) >= 11 is 5.73. The van der Waals surface area contributed by atoms with Crippen LogP contribution in [-0.4, -0.2) is 47.9 Å². The van der Waals surface area contributed by atoms with Gasteiger partial charge in [-0.15, -0.1) is 0 Å². The molecule has 31 heavy (non-hydrogen) atoms. The fourth-order valence-corrected chi connectivity index (χ4v) is 3.82. The molecule has 0 saturated carbocycles. The first-order valence-electron chi connectivity index (χ1n) is 10.1. The third-order valence-electron chi connectivity index (χ3n) is 5.31. The number of carbonyl (C=O) groups is 3. The SMILES string of the molecule is N#C[C@H](C[C@@H]1CCNC1=O)NC(=O)C1CCCNN1C(=O)/C=C/c1ccc(Cl)cc1F. The Bertz CT molecular complexity index is 932. The monoisotopic (exact) mass is 447 g/mol. The number of halogens is 2. The molecule has 1 aromatic rings.